The number of anilines is 1. The highest BCUT2D eigenvalue weighted by Crippen LogP contribution is 2.33. The maximum Gasteiger partial charge on any atom is 0.181 e. The molecule has 0 aliphatic heterocycles. The van der Waals surface area contributed by atoms with Crippen LogP contribution in [0.5, 0.6) is 5.75 Å². The molecule has 4 nitrogen and oxygen atoms in total. The van der Waals surface area contributed by atoms with Crippen LogP contribution >= 0.6 is 11.3 Å². The van der Waals surface area contributed by atoms with Crippen LogP contribution in [0.25, 0.3) is 11.3 Å². The number of methoxy groups -OCH3 is 1. The zero-order valence-electron chi connectivity index (χ0n) is 12.9. The van der Waals surface area contributed by atoms with E-state index in [2.05, 4.69) is 41.4 Å². The average Bonchev–Trinajstić information content (AvgIpc) is 3.18. The van der Waals surface area contributed by atoms with Crippen LogP contribution in [0.15, 0.2) is 46.7 Å². The van der Waals surface area contributed by atoms with Gasteiger partial charge in [0.15, 0.2) is 12.2 Å². The molecule has 0 unspecified atom stereocenters. The molecule has 0 fully saturated rings. The third-order valence-electron chi connectivity index (χ3n) is 3.53. The SMILES string of the molecule is COc1cc(N(C)Cc2csc(C)c2)ccc1-c1cnco1. The van der Waals surface area contributed by atoms with Crippen LogP contribution in [0.1, 0.15) is 10.4 Å². The van der Waals surface area contributed by atoms with Crippen molar-refractivity contribution in [2.45, 2.75) is 13.5 Å². The molecule has 0 aliphatic carbocycles. The molecule has 2 aromatic heterocycles. The summed E-state index contributed by atoms with van der Waals surface area (Å²) < 4.78 is 10.9. The number of thiophene rings is 1. The van der Waals surface area contributed by atoms with E-state index in [4.69, 9.17) is 9.15 Å². The number of aryl methyl sites for hydroxylation is 1. The Labute approximate surface area is 134 Å². The van der Waals surface area contributed by atoms with Crippen molar-refractivity contribution < 1.29 is 9.15 Å². The lowest BCUT2D eigenvalue weighted by Crippen LogP contribution is -2.15. The fourth-order valence-electron chi connectivity index (χ4n) is 2.42. The topological polar surface area (TPSA) is 38.5 Å². The van der Waals surface area contributed by atoms with E-state index >= 15 is 0 Å². The molecule has 0 aliphatic rings. The minimum Gasteiger partial charge on any atom is -0.496 e. The molecule has 0 N–H and O–H groups in total. The standard InChI is InChI=1S/C17H18N2O2S/c1-12-6-13(10-22-12)9-19(2)14-4-5-15(16(7-14)20-3)17-8-18-11-21-17/h4-8,10-11H,9H2,1-3H3. The summed E-state index contributed by atoms with van der Waals surface area (Å²) in [6.45, 7) is 3.00. The fraction of sp³-hybridized carbons (Fsp3) is 0.235. The number of benzene rings is 1. The molecule has 3 rings (SSSR count). The number of aromatic nitrogens is 1. The van der Waals surface area contributed by atoms with E-state index in [1.165, 1.54) is 16.8 Å². The van der Waals surface area contributed by atoms with Crippen LogP contribution in [0.4, 0.5) is 5.69 Å². The lowest BCUT2D eigenvalue weighted by atomic mass is 10.1. The highest BCUT2D eigenvalue weighted by Gasteiger charge is 2.12. The zero-order valence-corrected chi connectivity index (χ0v) is 13.7. The fourth-order valence-corrected chi connectivity index (χ4v) is 3.11. The van der Waals surface area contributed by atoms with Gasteiger partial charge in [0.2, 0.25) is 0 Å². The Kier molecular flexibility index (Phi) is 4.15. The lowest BCUT2D eigenvalue weighted by molar-refractivity contribution is 0.414. The van der Waals surface area contributed by atoms with Gasteiger partial charge in [-0.1, -0.05) is 0 Å². The smallest absolute Gasteiger partial charge is 0.181 e. The molecular weight excluding hydrogens is 296 g/mol. The Morgan fingerprint density at radius 1 is 1.32 bits per heavy atom. The summed E-state index contributed by atoms with van der Waals surface area (Å²) in [5, 5.41) is 2.20. The highest BCUT2D eigenvalue weighted by atomic mass is 32.1. The number of oxazole rings is 1. The van der Waals surface area contributed by atoms with Crippen LogP contribution in [0, 0.1) is 6.92 Å². The molecule has 1 aromatic carbocycles. The number of hydrogen-bond donors (Lipinski definition) is 0. The summed E-state index contributed by atoms with van der Waals surface area (Å²) >= 11 is 1.78. The first kappa shape index (κ1) is 14.7. The van der Waals surface area contributed by atoms with E-state index < -0.39 is 0 Å². The molecule has 0 saturated carbocycles. The van der Waals surface area contributed by atoms with Gasteiger partial charge >= 0.3 is 0 Å². The van der Waals surface area contributed by atoms with Gasteiger partial charge < -0.3 is 14.1 Å². The summed E-state index contributed by atoms with van der Waals surface area (Å²) in [4.78, 5) is 7.50. The Morgan fingerprint density at radius 3 is 2.82 bits per heavy atom. The Hall–Kier alpha value is -2.27. The Bertz CT molecular complexity index is 750. The quantitative estimate of drug-likeness (QED) is 0.701. The molecule has 3 aromatic rings. The molecule has 0 saturated heterocycles. The van der Waals surface area contributed by atoms with Gasteiger partial charge in [0, 0.05) is 30.2 Å². The van der Waals surface area contributed by atoms with E-state index in [-0.39, 0.29) is 0 Å². The summed E-state index contributed by atoms with van der Waals surface area (Å²) in [7, 11) is 3.75. The van der Waals surface area contributed by atoms with Crippen molar-refractivity contribution in [1.82, 2.24) is 4.98 Å². The van der Waals surface area contributed by atoms with E-state index in [1.54, 1.807) is 24.6 Å². The molecule has 5 heteroatoms. The first-order chi connectivity index (χ1) is 10.7. The maximum absolute atomic E-state index is 5.50. The first-order valence-electron chi connectivity index (χ1n) is 6.99. The van der Waals surface area contributed by atoms with E-state index in [9.17, 15) is 0 Å². The largest absolute Gasteiger partial charge is 0.496 e. The molecule has 0 bridgehead atoms. The van der Waals surface area contributed by atoms with E-state index in [1.807, 2.05) is 12.1 Å². The van der Waals surface area contributed by atoms with Crippen molar-refractivity contribution in [2.75, 3.05) is 19.1 Å². The molecular formula is C17H18N2O2S. The number of rotatable bonds is 5. The van der Waals surface area contributed by atoms with Gasteiger partial charge in [0.25, 0.3) is 0 Å². The van der Waals surface area contributed by atoms with Crippen LogP contribution < -0.4 is 9.64 Å². The third kappa shape index (κ3) is 2.99. The molecule has 114 valence electrons. The Morgan fingerprint density at radius 2 is 2.18 bits per heavy atom. The van der Waals surface area contributed by atoms with Gasteiger partial charge in [0.1, 0.15) is 5.75 Å². The second-order valence-corrected chi connectivity index (χ2v) is 6.29. The van der Waals surface area contributed by atoms with E-state index in [0.717, 1.165) is 23.5 Å². The third-order valence-corrected chi connectivity index (χ3v) is 4.44. The van der Waals surface area contributed by atoms with Crippen molar-refractivity contribution >= 4 is 17.0 Å². The van der Waals surface area contributed by atoms with E-state index in [0.29, 0.717) is 5.76 Å². The number of ether oxygens (including phenoxy) is 1. The zero-order chi connectivity index (χ0) is 15.5. The van der Waals surface area contributed by atoms with Crippen LogP contribution in [0.2, 0.25) is 0 Å². The van der Waals surface area contributed by atoms with Gasteiger partial charge in [-0.25, -0.2) is 4.98 Å². The molecule has 0 atom stereocenters. The average molecular weight is 314 g/mol. The minimum absolute atomic E-state index is 0.708. The molecule has 22 heavy (non-hydrogen) atoms. The summed E-state index contributed by atoms with van der Waals surface area (Å²) in [6.07, 6.45) is 3.11. The number of nitrogens with zero attached hydrogens (tertiary/aromatic N) is 2. The van der Waals surface area contributed by atoms with Crippen molar-refractivity contribution in [1.29, 1.82) is 0 Å². The summed E-state index contributed by atoms with van der Waals surface area (Å²) in [6, 6.07) is 8.32. The van der Waals surface area contributed by atoms with Crippen molar-refractivity contribution in [3.05, 3.63) is 52.7 Å². The minimum atomic E-state index is 0.708. The van der Waals surface area contributed by atoms with Gasteiger partial charge in [-0.05, 0) is 36.1 Å². The van der Waals surface area contributed by atoms with Gasteiger partial charge in [-0.3, -0.25) is 0 Å². The van der Waals surface area contributed by atoms with Gasteiger partial charge in [0.05, 0.1) is 18.9 Å². The molecule has 2 heterocycles. The maximum atomic E-state index is 5.50. The second-order valence-electron chi connectivity index (χ2n) is 5.17. The van der Waals surface area contributed by atoms with Crippen molar-refractivity contribution in [3.63, 3.8) is 0 Å². The van der Waals surface area contributed by atoms with Gasteiger partial charge in [-0.15, -0.1) is 11.3 Å². The monoisotopic (exact) mass is 314 g/mol. The first-order valence-corrected chi connectivity index (χ1v) is 7.87. The highest BCUT2D eigenvalue weighted by molar-refractivity contribution is 7.10. The van der Waals surface area contributed by atoms with Crippen molar-refractivity contribution in [2.24, 2.45) is 0 Å². The molecule has 0 radical (unpaired) electrons. The van der Waals surface area contributed by atoms with Crippen LogP contribution in [-0.4, -0.2) is 19.1 Å². The van der Waals surface area contributed by atoms with Gasteiger partial charge in [-0.2, -0.15) is 0 Å². The predicted molar refractivity (Wildman–Crippen MR) is 89.7 cm³/mol. The van der Waals surface area contributed by atoms with Crippen LogP contribution in [-0.2, 0) is 6.54 Å². The summed E-state index contributed by atoms with van der Waals surface area (Å²) in [5.41, 5.74) is 3.33. The van der Waals surface area contributed by atoms with Crippen LogP contribution in [0.3, 0.4) is 0 Å². The van der Waals surface area contributed by atoms with Crippen molar-refractivity contribution in [3.8, 4) is 17.1 Å². The number of hydrogen-bond acceptors (Lipinski definition) is 5. The molecule has 0 amide bonds. The second kappa shape index (κ2) is 6.23. The normalized spacial score (nSPS) is 10.7. The lowest BCUT2D eigenvalue weighted by Gasteiger charge is -2.20. The molecule has 0 spiro atoms. The predicted octanol–water partition coefficient (Wildman–Crippen LogP) is 4.36. The summed E-state index contributed by atoms with van der Waals surface area (Å²) in [5.74, 6) is 1.49. The Balaban J connectivity index is 1.85.